The molecule has 0 radical (unpaired) electrons. The van der Waals surface area contributed by atoms with Crippen LogP contribution in [0.5, 0.6) is 0 Å². The highest BCUT2D eigenvalue weighted by Gasteiger charge is 2.24. The summed E-state index contributed by atoms with van der Waals surface area (Å²) in [5.41, 5.74) is -0.809. The van der Waals surface area contributed by atoms with E-state index >= 15 is 0 Å². The van der Waals surface area contributed by atoms with E-state index in [1.54, 1.807) is 0 Å². The molecule has 0 atom stereocenters. The monoisotopic (exact) mass is 314 g/mol. The first-order valence-corrected chi connectivity index (χ1v) is 8.44. The number of unbranched alkanes of at least 4 members (excludes halogenated alkanes) is 2. The summed E-state index contributed by atoms with van der Waals surface area (Å²) in [6.45, 7) is 13.4. The molecule has 0 aromatic rings. The maximum absolute atomic E-state index is 11.7. The van der Waals surface area contributed by atoms with Gasteiger partial charge in [0, 0.05) is 6.42 Å². The molecule has 130 valence electrons. The molecule has 0 aromatic carbocycles. The van der Waals surface area contributed by atoms with E-state index in [0.29, 0.717) is 6.42 Å². The van der Waals surface area contributed by atoms with Crippen molar-refractivity contribution in [3.8, 4) is 0 Å². The zero-order chi connectivity index (χ0) is 17.4. The van der Waals surface area contributed by atoms with Gasteiger partial charge < -0.3 is 9.47 Å². The van der Waals surface area contributed by atoms with Gasteiger partial charge in [0.2, 0.25) is 0 Å². The van der Waals surface area contributed by atoms with E-state index in [9.17, 15) is 9.59 Å². The molecule has 0 spiro atoms. The van der Waals surface area contributed by atoms with Crippen LogP contribution in [0.3, 0.4) is 0 Å². The van der Waals surface area contributed by atoms with Crippen molar-refractivity contribution in [2.75, 3.05) is 0 Å². The van der Waals surface area contributed by atoms with Gasteiger partial charge in [-0.1, -0.05) is 27.2 Å². The molecule has 0 unspecified atom stereocenters. The summed E-state index contributed by atoms with van der Waals surface area (Å²) in [4.78, 5) is 23.3. The molecular formula is C18H34O4. The molecule has 0 aromatic heterocycles. The van der Waals surface area contributed by atoms with Crippen LogP contribution in [-0.4, -0.2) is 23.1 Å². The summed E-state index contributed by atoms with van der Waals surface area (Å²) >= 11 is 0. The van der Waals surface area contributed by atoms with Crippen molar-refractivity contribution in [3.63, 3.8) is 0 Å². The van der Waals surface area contributed by atoms with Crippen LogP contribution in [0.15, 0.2) is 0 Å². The minimum Gasteiger partial charge on any atom is -0.460 e. The van der Waals surface area contributed by atoms with Gasteiger partial charge in [-0.05, 0) is 53.4 Å². The normalized spacial score (nSPS) is 12.4. The van der Waals surface area contributed by atoms with Gasteiger partial charge in [0.15, 0.2) is 0 Å². The van der Waals surface area contributed by atoms with Gasteiger partial charge in [0.1, 0.15) is 11.2 Å². The lowest BCUT2D eigenvalue weighted by Gasteiger charge is -2.26. The van der Waals surface area contributed by atoms with Gasteiger partial charge in [0.25, 0.3) is 0 Å². The summed E-state index contributed by atoms with van der Waals surface area (Å²) in [6, 6.07) is 0. The lowest BCUT2D eigenvalue weighted by atomic mass is 9.99. The Morgan fingerprint density at radius 1 is 0.909 bits per heavy atom. The van der Waals surface area contributed by atoms with Gasteiger partial charge in [-0.2, -0.15) is 0 Å². The summed E-state index contributed by atoms with van der Waals surface area (Å²) in [5, 5.41) is 0. The van der Waals surface area contributed by atoms with Crippen molar-refractivity contribution >= 4 is 11.9 Å². The van der Waals surface area contributed by atoms with Crippen molar-refractivity contribution < 1.29 is 19.1 Å². The number of ether oxygens (including phenoxy) is 2. The maximum Gasteiger partial charge on any atom is 0.308 e. The third-order valence-electron chi connectivity index (χ3n) is 3.75. The molecule has 0 saturated carbocycles. The van der Waals surface area contributed by atoms with Crippen LogP contribution in [0.25, 0.3) is 0 Å². The largest absolute Gasteiger partial charge is 0.460 e. The molecule has 0 amide bonds. The molecule has 4 heteroatoms. The molecule has 0 N–H and O–H groups in total. The van der Waals surface area contributed by atoms with Crippen molar-refractivity contribution in [2.45, 2.75) is 98.2 Å². The molecule has 0 rings (SSSR count). The number of carbonyl (C=O) groups is 2. The lowest BCUT2D eigenvalue weighted by molar-refractivity contribution is -0.161. The van der Waals surface area contributed by atoms with Gasteiger partial charge in [-0.15, -0.1) is 0 Å². The number of rotatable bonds is 10. The van der Waals surface area contributed by atoms with E-state index in [-0.39, 0.29) is 23.5 Å². The molecule has 0 saturated heterocycles. The predicted octanol–water partition coefficient (Wildman–Crippen LogP) is 4.65. The fourth-order valence-corrected chi connectivity index (χ4v) is 1.87. The third kappa shape index (κ3) is 9.80. The Morgan fingerprint density at radius 3 is 2.00 bits per heavy atom. The molecule has 4 nitrogen and oxygen atoms in total. The molecule has 0 aliphatic heterocycles. The van der Waals surface area contributed by atoms with E-state index in [1.807, 2.05) is 48.5 Å². The van der Waals surface area contributed by atoms with Crippen LogP contribution >= 0.6 is 0 Å². The lowest BCUT2D eigenvalue weighted by Crippen LogP contribution is -2.30. The number of hydrogen-bond donors (Lipinski definition) is 0. The highest BCUT2D eigenvalue weighted by atomic mass is 16.6. The van der Waals surface area contributed by atoms with Crippen molar-refractivity contribution in [2.24, 2.45) is 5.92 Å². The molecule has 0 bridgehead atoms. The SMILES string of the molecule is CCC(C)(C)OC(=O)CCCCCC(C)(C)OC(=O)C(C)C. The Hall–Kier alpha value is -1.06. The number of carbonyl (C=O) groups excluding carboxylic acids is 2. The Kier molecular flexibility index (Phi) is 8.72. The van der Waals surface area contributed by atoms with Crippen LogP contribution in [0.2, 0.25) is 0 Å². The molecule has 0 fully saturated rings. The number of esters is 2. The predicted molar refractivity (Wildman–Crippen MR) is 88.6 cm³/mol. The Morgan fingerprint density at radius 2 is 1.50 bits per heavy atom. The maximum atomic E-state index is 11.7. The van der Waals surface area contributed by atoms with Crippen molar-refractivity contribution in [3.05, 3.63) is 0 Å². The summed E-state index contributed by atoms with van der Waals surface area (Å²) in [6.07, 6.45) is 4.75. The van der Waals surface area contributed by atoms with E-state index in [1.165, 1.54) is 0 Å². The standard InChI is InChI=1S/C18H34O4/c1-8-17(4,5)21-15(19)12-10-9-11-13-18(6,7)22-16(20)14(2)3/h14H,8-13H2,1-7H3. The first-order chi connectivity index (χ1) is 9.99. The average Bonchev–Trinajstić information content (AvgIpc) is 2.36. The van der Waals surface area contributed by atoms with Crippen LogP contribution in [-0.2, 0) is 19.1 Å². The highest BCUT2D eigenvalue weighted by Crippen LogP contribution is 2.21. The molecule has 0 aliphatic rings. The highest BCUT2D eigenvalue weighted by molar-refractivity contribution is 5.72. The molecule has 0 heterocycles. The minimum absolute atomic E-state index is 0.101. The second kappa shape index (κ2) is 9.16. The quantitative estimate of drug-likeness (QED) is 0.435. The van der Waals surface area contributed by atoms with E-state index in [0.717, 1.165) is 32.1 Å². The summed E-state index contributed by atoms with van der Waals surface area (Å²) in [5.74, 6) is -0.385. The van der Waals surface area contributed by atoms with Crippen LogP contribution in [0, 0.1) is 5.92 Å². The number of hydrogen-bond acceptors (Lipinski definition) is 4. The molecular weight excluding hydrogens is 280 g/mol. The minimum atomic E-state index is -0.438. The van der Waals surface area contributed by atoms with Gasteiger partial charge in [-0.25, -0.2) is 0 Å². The zero-order valence-corrected chi connectivity index (χ0v) is 15.5. The summed E-state index contributed by atoms with van der Waals surface area (Å²) < 4.78 is 10.9. The van der Waals surface area contributed by atoms with Gasteiger partial charge in [0.05, 0.1) is 5.92 Å². The van der Waals surface area contributed by atoms with Crippen LogP contribution < -0.4 is 0 Å². The van der Waals surface area contributed by atoms with E-state index in [2.05, 4.69) is 0 Å². The molecule has 22 heavy (non-hydrogen) atoms. The van der Waals surface area contributed by atoms with Gasteiger partial charge >= 0.3 is 11.9 Å². The smallest absolute Gasteiger partial charge is 0.308 e. The first-order valence-electron chi connectivity index (χ1n) is 8.44. The Balaban J connectivity index is 3.89. The topological polar surface area (TPSA) is 52.6 Å². The molecule has 0 aliphatic carbocycles. The van der Waals surface area contributed by atoms with Crippen LogP contribution in [0.1, 0.15) is 87.0 Å². The van der Waals surface area contributed by atoms with E-state index < -0.39 is 5.60 Å². The Labute approximate surface area is 135 Å². The average molecular weight is 314 g/mol. The zero-order valence-electron chi connectivity index (χ0n) is 15.5. The van der Waals surface area contributed by atoms with Crippen molar-refractivity contribution in [1.82, 2.24) is 0 Å². The fourth-order valence-electron chi connectivity index (χ4n) is 1.87. The third-order valence-corrected chi connectivity index (χ3v) is 3.75. The van der Waals surface area contributed by atoms with E-state index in [4.69, 9.17) is 9.47 Å². The second-order valence-electron chi connectivity index (χ2n) is 7.48. The fraction of sp³-hybridized carbons (Fsp3) is 0.889. The summed E-state index contributed by atoms with van der Waals surface area (Å²) in [7, 11) is 0. The Bertz CT molecular complexity index is 356. The first kappa shape index (κ1) is 20.9. The van der Waals surface area contributed by atoms with Crippen LogP contribution in [0.4, 0.5) is 0 Å². The van der Waals surface area contributed by atoms with Crippen molar-refractivity contribution in [1.29, 1.82) is 0 Å². The second-order valence-corrected chi connectivity index (χ2v) is 7.48. The van der Waals surface area contributed by atoms with Gasteiger partial charge in [-0.3, -0.25) is 9.59 Å².